The first-order valence-corrected chi connectivity index (χ1v) is 9.03. The third-order valence-corrected chi connectivity index (χ3v) is 3.99. The molecule has 6 nitrogen and oxygen atoms in total. The van der Waals surface area contributed by atoms with Crippen molar-refractivity contribution >= 4 is 29.9 Å². The molecule has 0 bridgehead atoms. The average molecular weight is 538 g/mol. The smallest absolute Gasteiger partial charge is 0.422 e. The molecular formula is C20H26F3IN4O2. The number of nitrogens with zero attached hydrogens (tertiary/aromatic N) is 2. The van der Waals surface area contributed by atoms with Crippen LogP contribution in [0.15, 0.2) is 41.5 Å². The van der Waals surface area contributed by atoms with E-state index in [2.05, 4.69) is 31.4 Å². The van der Waals surface area contributed by atoms with Crippen LogP contribution in [-0.4, -0.2) is 44.4 Å². The van der Waals surface area contributed by atoms with Crippen molar-refractivity contribution in [2.75, 3.05) is 27.3 Å². The Labute approximate surface area is 191 Å². The van der Waals surface area contributed by atoms with Crippen molar-refractivity contribution in [3.05, 3.63) is 53.2 Å². The van der Waals surface area contributed by atoms with E-state index in [1.165, 1.54) is 17.8 Å². The van der Waals surface area contributed by atoms with Gasteiger partial charge in [-0.05, 0) is 30.5 Å². The van der Waals surface area contributed by atoms with Crippen molar-refractivity contribution < 1.29 is 22.6 Å². The van der Waals surface area contributed by atoms with E-state index in [0.29, 0.717) is 19.0 Å². The molecule has 1 heterocycles. The summed E-state index contributed by atoms with van der Waals surface area (Å²) in [5.41, 5.74) is 3.06. The van der Waals surface area contributed by atoms with Crippen LogP contribution in [0.25, 0.3) is 0 Å². The zero-order valence-electron chi connectivity index (χ0n) is 17.0. The van der Waals surface area contributed by atoms with Crippen LogP contribution >= 0.6 is 24.0 Å². The third kappa shape index (κ3) is 9.06. The van der Waals surface area contributed by atoms with Crippen LogP contribution in [0, 0.1) is 6.92 Å². The van der Waals surface area contributed by atoms with Crippen molar-refractivity contribution in [3.8, 4) is 11.6 Å². The highest BCUT2D eigenvalue weighted by molar-refractivity contribution is 14.0. The summed E-state index contributed by atoms with van der Waals surface area (Å²) >= 11 is 0. The zero-order chi connectivity index (χ0) is 21.3. The fourth-order valence-electron chi connectivity index (χ4n) is 2.58. The van der Waals surface area contributed by atoms with E-state index in [4.69, 9.17) is 4.74 Å². The van der Waals surface area contributed by atoms with E-state index < -0.39 is 12.8 Å². The number of aliphatic imine (C=N–C) groups is 1. The minimum absolute atomic E-state index is 0. The van der Waals surface area contributed by atoms with Crippen molar-refractivity contribution in [3.63, 3.8) is 0 Å². The van der Waals surface area contributed by atoms with Gasteiger partial charge in [0.1, 0.15) is 5.75 Å². The summed E-state index contributed by atoms with van der Waals surface area (Å²) in [6, 6.07) is 9.10. The molecule has 0 amide bonds. The molecule has 30 heavy (non-hydrogen) atoms. The Kier molecular flexibility index (Phi) is 10.7. The molecular weight excluding hydrogens is 512 g/mol. The Bertz CT molecular complexity index is 815. The average Bonchev–Trinajstić information content (AvgIpc) is 2.69. The number of aryl methyl sites for hydroxylation is 1. The molecule has 2 N–H and O–H groups in total. The lowest BCUT2D eigenvalue weighted by atomic mass is 10.1. The Morgan fingerprint density at radius 3 is 2.53 bits per heavy atom. The molecule has 0 unspecified atom stereocenters. The molecule has 10 heteroatoms. The van der Waals surface area contributed by atoms with E-state index in [0.717, 1.165) is 23.3 Å². The summed E-state index contributed by atoms with van der Waals surface area (Å²) in [5, 5.41) is 6.35. The van der Waals surface area contributed by atoms with Gasteiger partial charge >= 0.3 is 6.18 Å². The standard InChI is InChI=1S/C20H25F3N4O2.HI/c1-14-4-6-17(28-3)16(10-14)8-9-25-19(24-2)27-12-15-5-7-18(26-11-15)29-13-20(21,22)23;/h4-7,10-11H,8-9,12-13H2,1-3H3,(H2,24,25,27);1H. The highest BCUT2D eigenvalue weighted by Gasteiger charge is 2.28. The maximum atomic E-state index is 12.2. The number of pyridine rings is 1. The molecule has 0 aliphatic rings. The number of hydrogen-bond donors (Lipinski definition) is 2. The molecule has 0 spiro atoms. The SMILES string of the molecule is CN=C(NCCc1cc(C)ccc1OC)NCc1ccc(OCC(F)(F)F)nc1.I. The number of nitrogens with one attached hydrogen (secondary N) is 2. The number of aromatic nitrogens is 1. The molecule has 0 atom stereocenters. The molecule has 2 aromatic rings. The van der Waals surface area contributed by atoms with Gasteiger partial charge in [0.2, 0.25) is 5.88 Å². The molecule has 0 aliphatic heterocycles. The number of guanidine groups is 1. The largest absolute Gasteiger partial charge is 0.496 e. The van der Waals surface area contributed by atoms with Gasteiger partial charge < -0.3 is 20.1 Å². The van der Waals surface area contributed by atoms with Crippen molar-refractivity contribution in [2.24, 2.45) is 4.99 Å². The highest BCUT2D eigenvalue weighted by Crippen LogP contribution is 2.20. The van der Waals surface area contributed by atoms with Gasteiger partial charge in [0.25, 0.3) is 0 Å². The second-order valence-corrected chi connectivity index (χ2v) is 6.33. The first kappa shape index (κ1) is 25.8. The minimum Gasteiger partial charge on any atom is -0.496 e. The topological polar surface area (TPSA) is 67.8 Å². The summed E-state index contributed by atoms with van der Waals surface area (Å²) in [6.07, 6.45) is -2.16. The van der Waals surface area contributed by atoms with E-state index in [-0.39, 0.29) is 29.9 Å². The maximum Gasteiger partial charge on any atom is 0.422 e. The predicted octanol–water partition coefficient (Wildman–Crippen LogP) is 3.87. The molecule has 166 valence electrons. The number of ether oxygens (including phenoxy) is 2. The molecule has 0 aliphatic carbocycles. The summed E-state index contributed by atoms with van der Waals surface area (Å²) in [4.78, 5) is 8.04. The Hall–Kier alpha value is -2.24. The fourth-order valence-corrected chi connectivity index (χ4v) is 2.58. The van der Waals surface area contributed by atoms with Gasteiger partial charge in [-0.25, -0.2) is 4.98 Å². The maximum absolute atomic E-state index is 12.2. The van der Waals surface area contributed by atoms with E-state index in [9.17, 15) is 13.2 Å². The zero-order valence-corrected chi connectivity index (χ0v) is 19.4. The third-order valence-electron chi connectivity index (χ3n) is 3.99. The Morgan fingerprint density at radius 1 is 1.17 bits per heavy atom. The summed E-state index contributed by atoms with van der Waals surface area (Å²) < 4.78 is 46.4. The molecule has 0 saturated heterocycles. The summed E-state index contributed by atoms with van der Waals surface area (Å²) in [5.74, 6) is 1.38. The van der Waals surface area contributed by atoms with Gasteiger partial charge in [0.05, 0.1) is 7.11 Å². The number of methoxy groups -OCH3 is 1. The molecule has 0 saturated carbocycles. The highest BCUT2D eigenvalue weighted by atomic mass is 127. The number of alkyl halides is 3. The Morgan fingerprint density at radius 2 is 1.93 bits per heavy atom. The second kappa shape index (κ2) is 12.5. The fraction of sp³-hybridized carbons (Fsp3) is 0.400. The lowest BCUT2D eigenvalue weighted by Gasteiger charge is -2.14. The van der Waals surface area contributed by atoms with E-state index >= 15 is 0 Å². The van der Waals surface area contributed by atoms with Crippen LogP contribution in [0.5, 0.6) is 11.6 Å². The summed E-state index contributed by atoms with van der Waals surface area (Å²) in [7, 11) is 3.31. The number of rotatable bonds is 8. The Balaban J connectivity index is 0.00000450. The van der Waals surface area contributed by atoms with Crippen molar-refractivity contribution in [2.45, 2.75) is 26.1 Å². The molecule has 0 radical (unpaired) electrons. The van der Waals surface area contributed by atoms with Gasteiger partial charge in [0.15, 0.2) is 12.6 Å². The van der Waals surface area contributed by atoms with E-state index in [1.54, 1.807) is 20.2 Å². The monoisotopic (exact) mass is 538 g/mol. The normalized spacial score (nSPS) is 11.5. The number of benzene rings is 1. The van der Waals surface area contributed by atoms with Gasteiger partial charge in [-0.3, -0.25) is 4.99 Å². The van der Waals surface area contributed by atoms with Crippen molar-refractivity contribution in [1.29, 1.82) is 0 Å². The minimum atomic E-state index is -4.39. The van der Waals surface area contributed by atoms with Gasteiger partial charge in [0, 0.05) is 32.4 Å². The van der Waals surface area contributed by atoms with Crippen LogP contribution in [0.1, 0.15) is 16.7 Å². The summed E-state index contributed by atoms with van der Waals surface area (Å²) in [6.45, 7) is 1.74. The van der Waals surface area contributed by atoms with Crippen LogP contribution in [-0.2, 0) is 13.0 Å². The first-order chi connectivity index (χ1) is 13.8. The van der Waals surface area contributed by atoms with Gasteiger partial charge in [-0.1, -0.05) is 23.8 Å². The number of hydrogen-bond acceptors (Lipinski definition) is 4. The lowest BCUT2D eigenvalue weighted by molar-refractivity contribution is -0.154. The second-order valence-electron chi connectivity index (χ2n) is 6.33. The molecule has 1 aromatic heterocycles. The van der Waals surface area contributed by atoms with Crippen LogP contribution in [0.4, 0.5) is 13.2 Å². The van der Waals surface area contributed by atoms with Crippen LogP contribution < -0.4 is 20.1 Å². The predicted molar refractivity (Wildman–Crippen MR) is 121 cm³/mol. The first-order valence-electron chi connectivity index (χ1n) is 9.03. The van der Waals surface area contributed by atoms with Crippen LogP contribution in [0.2, 0.25) is 0 Å². The number of halogens is 4. The van der Waals surface area contributed by atoms with Crippen LogP contribution in [0.3, 0.4) is 0 Å². The molecule has 0 fully saturated rings. The van der Waals surface area contributed by atoms with Gasteiger partial charge in [-0.2, -0.15) is 13.2 Å². The molecule has 2 rings (SSSR count). The lowest BCUT2D eigenvalue weighted by Crippen LogP contribution is -2.37. The quantitative estimate of drug-likeness (QED) is 0.304. The van der Waals surface area contributed by atoms with E-state index in [1.807, 2.05) is 19.1 Å². The van der Waals surface area contributed by atoms with Gasteiger partial charge in [-0.15, -0.1) is 24.0 Å². The van der Waals surface area contributed by atoms with Crippen molar-refractivity contribution in [1.82, 2.24) is 15.6 Å². The molecule has 1 aromatic carbocycles.